The molecule has 0 unspecified atom stereocenters. The topological polar surface area (TPSA) is 55.1 Å². The average Bonchev–Trinajstić information content (AvgIpc) is 3.41. The van der Waals surface area contributed by atoms with E-state index in [2.05, 4.69) is 69.6 Å². The molecule has 0 bridgehead atoms. The molecule has 6 heteroatoms. The number of likely N-dealkylation sites (tertiary alicyclic amines) is 1. The molecule has 5 rings (SSSR count). The number of nitrogens with zero attached hydrogens (tertiary/aromatic N) is 4. The van der Waals surface area contributed by atoms with Crippen molar-refractivity contribution >= 4 is 16.8 Å². The van der Waals surface area contributed by atoms with E-state index >= 15 is 0 Å². The molecule has 2 aromatic heterocycles. The number of hydrogen-bond acceptors (Lipinski definition) is 3. The number of benzene rings is 1. The second-order valence-electron chi connectivity index (χ2n) is 9.59. The fourth-order valence-electron chi connectivity index (χ4n) is 5.73. The Kier molecular flexibility index (Phi) is 5.34. The highest BCUT2D eigenvalue weighted by Crippen LogP contribution is 2.45. The summed E-state index contributed by atoms with van der Waals surface area (Å²) in [6.07, 6.45) is 10.9. The fraction of sp³-hybridized carbons (Fsp3) is 0.520. The standard InChI is InChI=1S/C25H33N5O/c1-17(2)30-15-18-13-23-21(20-6-4-7-22(30)24(18)20)12-19(14-28(23)3)25(31)27-8-5-10-29-11-9-26-16-29/h4,6-7,9,11,15-17,19,21,23H,5,8,10,12-14H2,1-3H3,(H,27,31)/t19-,21-,23-/m1/s1. The van der Waals surface area contributed by atoms with Crippen LogP contribution < -0.4 is 5.32 Å². The Morgan fingerprint density at radius 3 is 2.97 bits per heavy atom. The lowest BCUT2D eigenvalue weighted by atomic mass is 9.72. The summed E-state index contributed by atoms with van der Waals surface area (Å²) in [4.78, 5) is 19.5. The number of imidazole rings is 1. The number of carbonyl (C=O) groups is 1. The van der Waals surface area contributed by atoms with Crippen molar-refractivity contribution in [2.45, 2.75) is 57.7 Å². The third-order valence-corrected chi connectivity index (χ3v) is 7.25. The Morgan fingerprint density at radius 2 is 2.19 bits per heavy atom. The summed E-state index contributed by atoms with van der Waals surface area (Å²) in [5.41, 5.74) is 4.25. The van der Waals surface area contributed by atoms with Crippen molar-refractivity contribution in [2.75, 3.05) is 20.1 Å². The lowest BCUT2D eigenvalue weighted by molar-refractivity contribution is -0.127. The van der Waals surface area contributed by atoms with Gasteiger partial charge in [-0.15, -0.1) is 0 Å². The number of hydrogen-bond donors (Lipinski definition) is 1. The van der Waals surface area contributed by atoms with Crippen LogP contribution in [0.5, 0.6) is 0 Å². The van der Waals surface area contributed by atoms with Crippen molar-refractivity contribution in [1.29, 1.82) is 0 Å². The molecule has 3 aromatic rings. The average molecular weight is 420 g/mol. The monoisotopic (exact) mass is 419 g/mol. The SMILES string of the molecule is CC(C)n1cc2c3c(cccc31)[C@H]1C[C@@H](C(=O)NCCCn3ccnc3)CN(C)[C@@H]1C2. The molecule has 1 N–H and O–H groups in total. The van der Waals surface area contributed by atoms with Gasteiger partial charge in [-0.05, 0) is 57.4 Å². The van der Waals surface area contributed by atoms with Crippen molar-refractivity contribution in [3.05, 3.63) is 54.2 Å². The highest BCUT2D eigenvalue weighted by molar-refractivity contribution is 5.89. The molecule has 1 amide bonds. The highest BCUT2D eigenvalue weighted by atomic mass is 16.1. The Bertz CT molecular complexity index is 1070. The fourth-order valence-corrected chi connectivity index (χ4v) is 5.73. The Hall–Kier alpha value is -2.60. The van der Waals surface area contributed by atoms with Gasteiger partial charge in [0.05, 0.1) is 12.2 Å². The first-order valence-corrected chi connectivity index (χ1v) is 11.6. The summed E-state index contributed by atoms with van der Waals surface area (Å²) in [6.45, 7) is 6.93. The maximum atomic E-state index is 13.0. The van der Waals surface area contributed by atoms with Gasteiger partial charge in [0.15, 0.2) is 0 Å². The summed E-state index contributed by atoms with van der Waals surface area (Å²) in [6, 6.07) is 7.67. The summed E-state index contributed by atoms with van der Waals surface area (Å²) in [5, 5.41) is 4.63. The van der Waals surface area contributed by atoms with E-state index in [1.54, 1.807) is 6.20 Å². The van der Waals surface area contributed by atoms with Crippen LogP contribution in [0.25, 0.3) is 10.9 Å². The van der Waals surface area contributed by atoms with E-state index in [0.717, 1.165) is 32.4 Å². The summed E-state index contributed by atoms with van der Waals surface area (Å²) < 4.78 is 4.46. The van der Waals surface area contributed by atoms with E-state index in [1.165, 1.54) is 22.0 Å². The van der Waals surface area contributed by atoms with E-state index in [1.807, 2.05) is 12.5 Å². The number of piperidine rings is 1. The maximum Gasteiger partial charge on any atom is 0.224 e. The van der Waals surface area contributed by atoms with Gasteiger partial charge in [0.1, 0.15) is 0 Å². The van der Waals surface area contributed by atoms with Gasteiger partial charge in [-0.2, -0.15) is 0 Å². The zero-order chi connectivity index (χ0) is 21.5. The van der Waals surface area contributed by atoms with E-state index in [4.69, 9.17) is 0 Å². The second kappa shape index (κ2) is 8.15. The number of aryl methyl sites for hydroxylation is 1. The van der Waals surface area contributed by atoms with E-state index < -0.39 is 0 Å². The van der Waals surface area contributed by atoms with Crippen LogP contribution in [0.4, 0.5) is 0 Å². The molecule has 1 aliphatic heterocycles. The molecular weight excluding hydrogens is 386 g/mol. The third kappa shape index (κ3) is 3.67. The molecule has 2 aliphatic rings. The Balaban J connectivity index is 1.31. The third-order valence-electron chi connectivity index (χ3n) is 7.25. The van der Waals surface area contributed by atoms with Crippen molar-refractivity contribution in [2.24, 2.45) is 5.92 Å². The number of carbonyl (C=O) groups excluding carboxylic acids is 1. The molecular formula is C25H33N5O. The molecule has 6 nitrogen and oxygen atoms in total. The van der Waals surface area contributed by atoms with Crippen LogP contribution in [0.15, 0.2) is 43.1 Å². The summed E-state index contributed by atoms with van der Waals surface area (Å²) in [5.74, 6) is 0.664. The van der Waals surface area contributed by atoms with Crippen LogP contribution in [-0.4, -0.2) is 51.1 Å². The molecule has 1 aromatic carbocycles. The molecule has 0 saturated carbocycles. The minimum Gasteiger partial charge on any atom is -0.356 e. The first-order chi connectivity index (χ1) is 15.0. The van der Waals surface area contributed by atoms with Crippen LogP contribution in [0.2, 0.25) is 0 Å². The molecule has 31 heavy (non-hydrogen) atoms. The van der Waals surface area contributed by atoms with Gasteiger partial charge in [0, 0.05) is 67.1 Å². The first kappa shape index (κ1) is 20.3. The zero-order valence-electron chi connectivity index (χ0n) is 18.8. The number of likely N-dealkylation sites (N-methyl/N-ethyl adjacent to an activating group) is 1. The van der Waals surface area contributed by atoms with Gasteiger partial charge in [-0.25, -0.2) is 4.98 Å². The molecule has 0 radical (unpaired) electrons. The molecule has 164 valence electrons. The van der Waals surface area contributed by atoms with Gasteiger partial charge in [-0.3, -0.25) is 4.79 Å². The minimum absolute atomic E-state index is 0.0449. The van der Waals surface area contributed by atoms with E-state index in [0.29, 0.717) is 24.5 Å². The maximum absolute atomic E-state index is 13.0. The van der Waals surface area contributed by atoms with Crippen molar-refractivity contribution in [1.82, 2.24) is 24.3 Å². The summed E-state index contributed by atoms with van der Waals surface area (Å²) >= 11 is 0. The first-order valence-electron chi connectivity index (χ1n) is 11.6. The normalized spacial score (nSPS) is 23.3. The van der Waals surface area contributed by atoms with Gasteiger partial charge in [-0.1, -0.05) is 12.1 Å². The van der Waals surface area contributed by atoms with Crippen molar-refractivity contribution < 1.29 is 4.79 Å². The van der Waals surface area contributed by atoms with Gasteiger partial charge in [0.25, 0.3) is 0 Å². The van der Waals surface area contributed by atoms with Gasteiger partial charge < -0.3 is 19.4 Å². The molecule has 1 saturated heterocycles. The van der Waals surface area contributed by atoms with Crippen LogP contribution in [-0.2, 0) is 17.8 Å². The smallest absolute Gasteiger partial charge is 0.224 e. The quantitative estimate of drug-likeness (QED) is 0.622. The predicted molar refractivity (Wildman–Crippen MR) is 123 cm³/mol. The number of amides is 1. The number of aromatic nitrogens is 3. The summed E-state index contributed by atoms with van der Waals surface area (Å²) in [7, 11) is 2.20. The Morgan fingerprint density at radius 1 is 1.32 bits per heavy atom. The second-order valence-corrected chi connectivity index (χ2v) is 9.59. The number of nitrogens with one attached hydrogen (secondary N) is 1. The zero-order valence-corrected chi connectivity index (χ0v) is 18.8. The van der Waals surface area contributed by atoms with Crippen LogP contribution >= 0.6 is 0 Å². The molecule has 0 spiro atoms. The number of rotatable bonds is 6. The lowest BCUT2D eigenvalue weighted by Gasteiger charge is -2.45. The van der Waals surface area contributed by atoms with Crippen molar-refractivity contribution in [3.8, 4) is 0 Å². The predicted octanol–water partition coefficient (Wildman–Crippen LogP) is 3.59. The van der Waals surface area contributed by atoms with Crippen LogP contribution in [0, 0.1) is 5.92 Å². The largest absolute Gasteiger partial charge is 0.356 e. The molecule has 3 heterocycles. The molecule has 1 fully saturated rings. The van der Waals surface area contributed by atoms with Gasteiger partial charge >= 0.3 is 0 Å². The lowest BCUT2D eigenvalue weighted by Crippen LogP contribution is -2.51. The molecule has 1 aliphatic carbocycles. The Labute approximate surface area is 184 Å². The van der Waals surface area contributed by atoms with Gasteiger partial charge in [0.2, 0.25) is 5.91 Å². The molecule has 3 atom stereocenters. The van der Waals surface area contributed by atoms with E-state index in [9.17, 15) is 4.79 Å². The highest BCUT2D eigenvalue weighted by Gasteiger charge is 2.41. The number of fused-ring (bicyclic) bond motifs is 2. The van der Waals surface area contributed by atoms with Crippen LogP contribution in [0.1, 0.15) is 49.8 Å². The minimum atomic E-state index is 0.0449. The van der Waals surface area contributed by atoms with Crippen LogP contribution in [0.3, 0.4) is 0 Å². The van der Waals surface area contributed by atoms with E-state index in [-0.39, 0.29) is 11.8 Å². The van der Waals surface area contributed by atoms with Crippen molar-refractivity contribution in [3.63, 3.8) is 0 Å².